The first kappa shape index (κ1) is 16.7. The fourth-order valence-electron chi connectivity index (χ4n) is 2.97. The minimum atomic E-state index is -0.140. The Hall–Kier alpha value is -2.15. The SMILES string of the molecule is CCN1CC[C@@H](CNC(=O)NCCOc2ccc3c(c2)OCO3)C1. The lowest BCUT2D eigenvalue weighted by Gasteiger charge is -2.14. The van der Waals surface area contributed by atoms with Crippen LogP contribution in [0, 0.1) is 5.92 Å². The number of rotatable bonds is 7. The number of nitrogens with one attached hydrogen (secondary N) is 2. The number of likely N-dealkylation sites (tertiary alicyclic amines) is 1. The van der Waals surface area contributed by atoms with Gasteiger partial charge in [-0.1, -0.05) is 6.92 Å². The average Bonchev–Trinajstić information content (AvgIpc) is 3.25. The van der Waals surface area contributed by atoms with Gasteiger partial charge in [0, 0.05) is 19.2 Å². The molecule has 1 saturated heterocycles. The molecule has 7 nitrogen and oxygen atoms in total. The van der Waals surface area contributed by atoms with Crippen LogP contribution in [-0.4, -0.2) is 57.1 Å². The molecule has 0 unspecified atom stereocenters. The Morgan fingerprint density at radius 2 is 2.21 bits per heavy atom. The minimum Gasteiger partial charge on any atom is -0.492 e. The van der Waals surface area contributed by atoms with Crippen molar-refractivity contribution in [3.05, 3.63) is 18.2 Å². The Kier molecular flexibility index (Phi) is 5.63. The molecule has 2 heterocycles. The molecule has 7 heteroatoms. The Balaban J connectivity index is 1.28. The van der Waals surface area contributed by atoms with Crippen LogP contribution in [0.25, 0.3) is 0 Å². The molecule has 1 fully saturated rings. The van der Waals surface area contributed by atoms with Crippen molar-refractivity contribution in [2.75, 3.05) is 46.1 Å². The zero-order valence-electron chi connectivity index (χ0n) is 14.0. The van der Waals surface area contributed by atoms with E-state index in [4.69, 9.17) is 14.2 Å². The molecule has 24 heavy (non-hydrogen) atoms. The number of carbonyl (C=O) groups is 1. The van der Waals surface area contributed by atoms with Crippen molar-refractivity contribution < 1.29 is 19.0 Å². The molecule has 3 rings (SSSR count). The summed E-state index contributed by atoms with van der Waals surface area (Å²) in [5.74, 6) is 2.68. The van der Waals surface area contributed by atoms with Crippen LogP contribution in [-0.2, 0) is 0 Å². The predicted molar refractivity (Wildman–Crippen MR) is 89.7 cm³/mol. The second-order valence-electron chi connectivity index (χ2n) is 6.05. The molecule has 0 aromatic heterocycles. The number of hydrogen-bond donors (Lipinski definition) is 2. The molecule has 132 valence electrons. The maximum absolute atomic E-state index is 11.8. The number of benzene rings is 1. The highest BCUT2D eigenvalue weighted by molar-refractivity contribution is 5.73. The monoisotopic (exact) mass is 335 g/mol. The largest absolute Gasteiger partial charge is 0.492 e. The van der Waals surface area contributed by atoms with E-state index in [0.717, 1.165) is 38.3 Å². The third-order valence-corrected chi connectivity index (χ3v) is 4.37. The van der Waals surface area contributed by atoms with Crippen LogP contribution >= 0.6 is 0 Å². The van der Waals surface area contributed by atoms with Gasteiger partial charge in [0.15, 0.2) is 11.5 Å². The number of fused-ring (bicyclic) bond motifs is 1. The molecule has 0 spiro atoms. The summed E-state index contributed by atoms with van der Waals surface area (Å²) in [4.78, 5) is 14.2. The summed E-state index contributed by atoms with van der Waals surface area (Å²) in [6.45, 7) is 7.29. The molecule has 2 N–H and O–H groups in total. The standard InChI is InChI=1S/C17H25N3O4/c1-2-20-7-5-13(11-20)10-19-17(21)18-6-8-22-14-3-4-15-16(9-14)24-12-23-15/h3-4,9,13H,2,5-8,10-12H2,1H3,(H2,18,19,21)/t13-/m0/s1. The van der Waals surface area contributed by atoms with E-state index in [1.807, 2.05) is 12.1 Å². The first-order valence-electron chi connectivity index (χ1n) is 8.51. The van der Waals surface area contributed by atoms with Crippen LogP contribution in [0.4, 0.5) is 4.79 Å². The van der Waals surface area contributed by atoms with Crippen molar-refractivity contribution in [2.24, 2.45) is 5.92 Å². The normalized spacial score (nSPS) is 19.3. The van der Waals surface area contributed by atoms with E-state index >= 15 is 0 Å². The van der Waals surface area contributed by atoms with E-state index in [-0.39, 0.29) is 12.8 Å². The minimum absolute atomic E-state index is 0.140. The topological polar surface area (TPSA) is 72.1 Å². The van der Waals surface area contributed by atoms with Gasteiger partial charge in [-0.05, 0) is 37.6 Å². The van der Waals surface area contributed by atoms with Crippen LogP contribution in [0.15, 0.2) is 18.2 Å². The lowest BCUT2D eigenvalue weighted by atomic mass is 10.1. The number of hydrogen-bond acceptors (Lipinski definition) is 5. The van der Waals surface area contributed by atoms with Crippen LogP contribution < -0.4 is 24.8 Å². The summed E-state index contributed by atoms with van der Waals surface area (Å²) in [7, 11) is 0. The van der Waals surface area contributed by atoms with Gasteiger partial charge in [-0.15, -0.1) is 0 Å². The maximum atomic E-state index is 11.8. The van der Waals surface area contributed by atoms with Gasteiger partial charge in [-0.2, -0.15) is 0 Å². The van der Waals surface area contributed by atoms with E-state index < -0.39 is 0 Å². The van der Waals surface area contributed by atoms with Gasteiger partial charge in [0.05, 0.1) is 6.54 Å². The number of carbonyl (C=O) groups excluding carboxylic acids is 1. The third-order valence-electron chi connectivity index (χ3n) is 4.37. The van der Waals surface area contributed by atoms with E-state index in [1.54, 1.807) is 6.07 Å². The lowest BCUT2D eigenvalue weighted by molar-refractivity contribution is 0.173. The predicted octanol–water partition coefficient (Wildman–Crippen LogP) is 1.44. The molecule has 2 aliphatic heterocycles. The van der Waals surface area contributed by atoms with Crippen molar-refractivity contribution in [1.29, 1.82) is 0 Å². The van der Waals surface area contributed by atoms with E-state index in [2.05, 4.69) is 22.5 Å². The summed E-state index contributed by atoms with van der Waals surface area (Å²) in [5, 5.41) is 5.74. The van der Waals surface area contributed by atoms with Gasteiger partial charge >= 0.3 is 6.03 Å². The highest BCUT2D eigenvalue weighted by atomic mass is 16.7. The Morgan fingerprint density at radius 1 is 1.33 bits per heavy atom. The molecular formula is C17H25N3O4. The second kappa shape index (κ2) is 8.10. The van der Waals surface area contributed by atoms with Gasteiger partial charge in [-0.3, -0.25) is 0 Å². The molecule has 1 atom stereocenters. The van der Waals surface area contributed by atoms with Gasteiger partial charge < -0.3 is 29.7 Å². The fraction of sp³-hybridized carbons (Fsp3) is 0.588. The number of nitrogens with zero attached hydrogens (tertiary/aromatic N) is 1. The second-order valence-corrected chi connectivity index (χ2v) is 6.05. The first-order valence-corrected chi connectivity index (χ1v) is 8.51. The summed E-state index contributed by atoms with van der Waals surface area (Å²) in [5.41, 5.74) is 0. The van der Waals surface area contributed by atoms with Crippen molar-refractivity contribution in [3.63, 3.8) is 0 Å². The van der Waals surface area contributed by atoms with Crippen molar-refractivity contribution >= 4 is 6.03 Å². The number of urea groups is 1. The highest BCUT2D eigenvalue weighted by Crippen LogP contribution is 2.34. The van der Waals surface area contributed by atoms with E-state index in [0.29, 0.717) is 30.6 Å². The lowest BCUT2D eigenvalue weighted by Crippen LogP contribution is -2.40. The maximum Gasteiger partial charge on any atom is 0.314 e. The molecule has 0 aliphatic carbocycles. The summed E-state index contributed by atoms with van der Waals surface area (Å²) >= 11 is 0. The molecule has 0 bridgehead atoms. The highest BCUT2D eigenvalue weighted by Gasteiger charge is 2.21. The molecule has 0 saturated carbocycles. The summed E-state index contributed by atoms with van der Waals surface area (Å²) in [6.07, 6.45) is 1.15. The van der Waals surface area contributed by atoms with Crippen LogP contribution in [0.1, 0.15) is 13.3 Å². The van der Waals surface area contributed by atoms with Crippen LogP contribution in [0.5, 0.6) is 17.2 Å². The smallest absolute Gasteiger partial charge is 0.314 e. The summed E-state index contributed by atoms with van der Waals surface area (Å²) in [6, 6.07) is 5.30. The van der Waals surface area contributed by atoms with Gasteiger partial charge in [-0.25, -0.2) is 4.79 Å². The molecule has 0 radical (unpaired) electrons. The van der Waals surface area contributed by atoms with E-state index in [9.17, 15) is 4.79 Å². The number of ether oxygens (including phenoxy) is 3. The molecule has 1 aromatic carbocycles. The molecule has 2 amide bonds. The van der Waals surface area contributed by atoms with Gasteiger partial charge in [0.1, 0.15) is 12.4 Å². The van der Waals surface area contributed by atoms with Crippen LogP contribution in [0.3, 0.4) is 0 Å². The average molecular weight is 335 g/mol. The third kappa shape index (κ3) is 4.44. The van der Waals surface area contributed by atoms with Crippen molar-refractivity contribution in [1.82, 2.24) is 15.5 Å². The van der Waals surface area contributed by atoms with Crippen molar-refractivity contribution in [2.45, 2.75) is 13.3 Å². The molecule has 2 aliphatic rings. The number of amides is 2. The Bertz CT molecular complexity index is 567. The van der Waals surface area contributed by atoms with Crippen molar-refractivity contribution in [3.8, 4) is 17.2 Å². The Labute approximate surface area is 142 Å². The zero-order valence-corrected chi connectivity index (χ0v) is 14.0. The fourth-order valence-corrected chi connectivity index (χ4v) is 2.97. The zero-order chi connectivity index (χ0) is 16.8. The summed E-state index contributed by atoms with van der Waals surface area (Å²) < 4.78 is 16.1. The quantitative estimate of drug-likeness (QED) is 0.738. The first-order chi connectivity index (χ1) is 11.7. The van der Waals surface area contributed by atoms with Gasteiger partial charge in [0.2, 0.25) is 6.79 Å². The molecule has 1 aromatic rings. The van der Waals surface area contributed by atoms with Crippen LogP contribution in [0.2, 0.25) is 0 Å². The van der Waals surface area contributed by atoms with E-state index in [1.165, 1.54) is 0 Å². The van der Waals surface area contributed by atoms with Gasteiger partial charge in [0.25, 0.3) is 0 Å². The Morgan fingerprint density at radius 3 is 3.04 bits per heavy atom. The molecular weight excluding hydrogens is 310 g/mol.